The first-order valence-electron chi connectivity index (χ1n) is 5.76. The second-order valence-electron chi connectivity index (χ2n) is 3.99. The number of amides is 1. The van der Waals surface area contributed by atoms with E-state index in [-0.39, 0.29) is 5.91 Å². The summed E-state index contributed by atoms with van der Waals surface area (Å²) in [6.45, 7) is 6.65. The van der Waals surface area contributed by atoms with E-state index in [1.54, 1.807) is 0 Å². The summed E-state index contributed by atoms with van der Waals surface area (Å²) in [4.78, 5) is 13.5. The molecule has 18 heavy (non-hydrogen) atoms. The van der Waals surface area contributed by atoms with Gasteiger partial charge in [0.2, 0.25) is 5.91 Å². The third-order valence-electron chi connectivity index (χ3n) is 2.71. The number of nitrogens with one attached hydrogen (secondary N) is 1. The van der Waals surface area contributed by atoms with Gasteiger partial charge in [0, 0.05) is 28.9 Å². The fraction of sp³-hybridized carbons (Fsp3) is 0.308. The summed E-state index contributed by atoms with van der Waals surface area (Å²) in [6.07, 6.45) is 1.26. The molecule has 0 aromatic heterocycles. The van der Waals surface area contributed by atoms with Crippen LogP contribution in [0.2, 0.25) is 0 Å². The molecule has 0 saturated carbocycles. The van der Waals surface area contributed by atoms with Crippen LogP contribution in [0.3, 0.4) is 0 Å². The summed E-state index contributed by atoms with van der Waals surface area (Å²) in [5.41, 5.74) is 1.84. The number of benzene rings is 1. The summed E-state index contributed by atoms with van der Waals surface area (Å²) in [7, 11) is 0. The first kappa shape index (κ1) is 13.1. The fourth-order valence-electron chi connectivity index (χ4n) is 1.84. The van der Waals surface area contributed by atoms with Gasteiger partial charge in [-0.05, 0) is 24.3 Å². The number of carbonyl (C=O) groups is 1. The highest BCUT2D eigenvalue weighted by Gasteiger charge is 2.12. The second kappa shape index (κ2) is 6.02. The van der Waals surface area contributed by atoms with Crippen LogP contribution in [0.1, 0.15) is 0 Å². The highest BCUT2D eigenvalue weighted by molar-refractivity contribution is 9.10. The number of halogens is 1. The third-order valence-corrected chi connectivity index (χ3v) is 3.17. The molecule has 1 aliphatic rings. The first-order valence-corrected chi connectivity index (χ1v) is 6.55. The van der Waals surface area contributed by atoms with Gasteiger partial charge in [0.15, 0.2) is 0 Å². The van der Waals surface area contributed by atoms with Crippen molar-refractivity contribution < 1.29 is 9.53 Å². The average Bonchev–Trinajstić information content (AvgIpc) is 2.39. The zero-order valence-electron chi connectivity index (χ0n) is 9.99. The molecule has 0 spiro atoms. The lowest BCUT2D eigenvalue weighted by Crippen LogP contribution is -2.36. The van der Waals surface area contributed by atoms with Gasteiger partial charge in [-0.1, -0.05) is 22.5 Å². The highest BCUT2D eigenvalue weighted by atomic mass is 79.9. The molecule has 4 nitrogen and oxygen atoms in total. The molecule has 2 rings (SSSR count). The molecule has 1 amide bonds. The van der Waals surface area contributed by atoms with Gasteiger partial charge in [-0.3, -0.25) is 4.79 Å². The lowest BCUT2D eigenvalue weighted by atomic mass is 10.2. The van der Waals surface area contributed by atoms with E-state index in [1.165, 1.54) is 6.08 Å². The normalized spacial score (nSPS) is 15.3. The van der Waals surface area contributed by atoms with Crippen LogP contribution in [0.5, 0.6) is 0 Å². The monoisotopic (exact) mass is 310 g/mol. The van der Waals surface area contributed by atoms with E-state index >= 15 is 0 Å². The summed E-state index contributed by atoms with van der Waals surface area (Å²) in [6, 6.07) is 5.86. The molecule has 1 aliphatic heterocycles. The van der Waals surface area contributed by atoms with Gasteiger partial charge in [0.25, 0.3) is 0 Å². The number of carbonyl (C=O) groups excluding carboxylic acids is 1. The number of nitrogens with zero attached hydrogens (tertiary/aromatic N) is 1. The minimum absolute atomic E-state index is 0.207. The van der Waals surface area contributed by atoms with Crippen molar-refractivity contribution in [3.8, 4) is 0 Å². The van der Waals surface area contributed by atoms with Crippen LogP contribution in [0.25, 0.3) is 0 Å². The number of anilines is 2. The van der Waals surface area contributed by atoms with Crippen molar-refractivity contribution in [2.75, 3.05) is 36.5 Å². The summed E-state index contributed by atoms with van der Waals surface area (Å²) in [5, 5.41) is 2.77. The zero-order chi connectivity index (χ0) is 13.0. The van der Waals surface area contributed by atoms with Crippen LogP contribution in [-0.2, 0) is 9.53 Å². The highest BCUT2D eigenvalue weighted by Crippen LogP contribution is 2.26. The van der Waals surface area contributed by atoms with Crippen molar-refractivity contribution in [3.63, 3.8) is 0 Å². The molecule has 5 heteroatoms. The van der Waals surface area contributed by atoms with E-state index in [0.29, 0.717) is 0 Å². The second-order valence-corrected chi connectivity index (χ2v) is 4.91. The molecule has 1 aromatic carbocycles. The zero-order valence-corrected chi connectivity index (χ0v) is 11.6. The molecule has 1 saturated heterocycles. The van der Waals surface area contributed by atoms with Crippen LogP contribution >= 0.6 is 15.9 Å². The summed E-state index contributed by atoms with van der Waals surface area (Å²) >= 11 is 3.46. The quantitative estimate of drug-likeness (QED) is 0.872. The summed E-state index contributed by atoms with van der Waals surface area (Å²) in [5.74, 6) is -0.207. The molecule has 1 aromatic rings. The lowest BCUT2D eigenvalue weighted by Gasteiger charge is -2.29. The largest absolute Gasteiger partial charge is 0.378 e. The Labute approximate surface area is 115 Å². The van der Waals surface area contributed by atoms with Crippen LogP contribution in [0.15, 0.2) is 35.3 Å². The molecule has 1 heterocycles. The van der Waals surface area contributed by atoms with Gasteiger partial charge in [0.05, 0.1) is 13.2 Å². The van der Waals surface area contributed by atoms with Crippen molar-refractivity contribution in [2.45, 2.75) is 0 Å². The Morgan fingerprint density at radius 2 is 2.11 bits per heavy atom. The van der Waals surface area contributed by atoms with Gasteiger partial charge in [-0.2, -0.15) is 0 Å². The lowest BCUT2D eigenvalue weighted by molar-refractivity contribution is -0.111. The van der Waals surface area contributed by atoms with Crippen LogP contribution in [-0.4, -0.2) is 32.2 Å². The molecule has 0 radical (unpaired) electrons. The summed E-state index contributed by atoms with van der Waals surface area (Å²) < 4.78 is 6.26. The van der Waals surface area contributed by atoms with E-state index in [2.05, 4.69) is 32.7 Å². The number of ether oxygens (including phenoxy) is 1. The molecule has 1 N–H and O–H groups in total. The number of hydrogen-bond donors (Lipinski definition) is 1. The molecule has 0 aliphatic carbocycles. The topological polar surface area (TPSA) is 41.6 Å². The standard InChI is InChI=1S/C13H15BrN2O2/c1-2-13(17)15-11-7-10(14)8-12(9-11)16-3-5-18-6-4-16/h2,7-9H,1,3-6H2,(H,15,17). The first-order chi connectivity index (χ1) is 8.69. The van der Waals surface area contributed by atoms with Crippen LogP contribution in [0, 0.1) is 0 Å². The predicted octanol–water partition coefficient (Wildman–Crippen LogP) is 2.41. The fourth-order valence-corrected chi connectivity index (χ4v) is 2.32. The minimum atomic E-state index is -0.207. The van der Waals surface area contributed by atoms with Gasteiger partial charge >= 0.3 is 0 Å². The van der Waals surface area contributed by atoms with Gasteiger partial charge in [-0.25, -0.2) is 0 Å². The number of morpholine rings is 1. The Bertz CT molecular complexity index is 456. The Morgan fingerprint density at radius 3 is 2.78 bits per heavy atom. The SMILES string of the molecule is C=CC(=O)Nc1cc(Br)cc(N2CCOCC2)c1. The molecular formula is C13H15BrN2O2. The van der Waals surface area contributed by atoms with E-state index in [0.717, 1.165) is 42.2 Å². The number of hydrogen-bond acceptors (Lipinski definition) is 3. The van der Waals surface area contributed by atoms with Crippen molar-refractivity contribution in [1.29, 1.82) is 0 Å². The van der Waals surface area contributed by atoms with Crippen LogP contribution < -0.4 is 10.2 Å². The molecule has 96 valence electrons. The third kappa shape index (κ3) is 3.34. The van der Waals surface area contributed by atoms with E-state index < -0.39 is 0 Å². The van der Waals surface area contributed by atoms with Gasteiger partial charge in [0.1, 0.15) is 0 Å². The van der Waals surface area contributed by atoms with Crippen molar-refractivity contribution in [1.82, 2.24) is 0 Å². The van der Waals surface area contributed by atoms with Gasteiger partial charge < -0.3 is 15.0 Å². The maximum atomic E-state index is 11.3. The van der Waals surface area contributed by atoms with E-state index in [1.807, 2.05) is 18.2 Å². The van der Waals surface area contributed by atoms with E-state index in [4.69, 9.17) is 4.74 Å². The van der Waals surface area contributed by atoms with Crippen molar-refractivity contribution >= 4 is 33.2 Å². The minimum Gasteiger partial charge on any atom is -0.378 e. The Hall–Kier alpha value is -1.33. The van der Waals surface area contributed by atoms with Gasteiger partial charge in [-0.15, -0.1) is 0 Å². The smallest absolute Gasteiger partial charge is 0.247 e. The average molecular weight is 311 g/mol. The Kier molecular flexibility index (Phi) is 4.38. The number of rotatable bonds is 3. The molecule has 0 bridgehead atoms. The van der Waals surface area contributed by atoms with Crippen LogP contribution in [0.4, 0.5) is 11.4 Å². The Morgan fingerprint density at radius 1 is 1.39 bits per heavy atom. The Balaban J connectivity index is 2.19. The maximum Gasteiger partial charge on any atom is 0.247 e. The van der Waals surface area contributed by atoms with Crippen molar-refractivity contribution in [3.05, 3.63) is 35.3 Å². The molecule has 1 fully saturated rings. The molecular weight excluding hydrogens is 296 g/mol. The van der Waals surface area contributed by atoms with Crippen molar-refractivity contribution in [2.24, 2.45) is 0 Å². The molecule has 0 unspecified atom stereocenters. The predicted molar refractivity (Wildman–Crippen MR) is 76.0 cm³/mol. The maximum absolute atomic E-state index is 11.3. The molecule has 0 atom stereocenters. The van der Waals surface area contributed by atoms with E-state index in [9.17, 15) is 4.79 Å².